The molecule has 1 heterocycles. The summed E-state index contributed by atoms with van der Waals surface area (Å²) in [6.45, 7) is 11.3. The molecule has 0 spiro atoms. The van der Waals surface area contributed by atoms with Crippen LogP contribution in [0.4, 0.5) is 0 Å². The van der Waals surface area contributed by atoms with Gasteiger partial charge in [0, 0.05) is 18.2 Å². The van der Waals surface area contributed by atoms with E-state index < -0.39 is 0 Å². The average Bonchev–Trinajstić information content (AvgIpc) is 3.01. The van der Waals surface area contributed by atoms with Gasteiger partial charge >= 0.3 is 0 Å². The van der Waals surface area contributed by atoms with Gasteiger partial charge in [0.05, 0.1) is 12.9 Å². The Hall–Kier alpha value is -2.02. The van der Waals surface area contributed by atoms with Crippen LogP contribution >= 0.6 is 11.8 Å². The number of hydrogen-bond donors (Lipinski definition) is 1. The lowest BCUT2D eigenvalue weighted by atomic mass is 10.1. The van der Waals surface area contributed by atoms with Crippen molar-refractivity contribution in [1.82, 2.24) is 20.1 Å². The maximum Gasteiger partial charge on any atom is 0.230 e. The molecule has 27 heavy (non-hydrogen) atoms. The van der Waals surface area contributed by atoms with Gasteiger partial charge < -0.3 is 14.6 Å². The number of thioether (sulfide) groups is 1. The van der Waals surface area contributed by atoms with Crippen molar-refractivity contribution in [2.75, 3.05) is 12.9 Å². The van der Waals surface area contributed by atoms with Crippen LogP contribution in [0.25, 0.3) is 11.4 Å². The number of nitrogens with one attached hydrogen (secondary N) is 1. The van der Waals surface area contributed by atoms with Crippen LogP contribution in [0.1, 0.15) is 34.6 Å². The largest absolute Gasteiger partial charge is 0.497 e. The molecule has 2 aromatic rings. The molecule has 2 rings (SSSR count). The number of carbonyl (C=O) groups is 1. The Morgan fingerprint density at radius 1 is 1.15 bits per heavy atom. The van der Waals surface area contributed by atoms with Gasteiger partial charge in [0.1, 0.15) is 5.75 Å². The first kappa shape index (κ1) is 21.3. The molecular formula is C20H30N4O2S. The minimum atomic E-state index is 0.0197. The zero-order chi connectivity index (χ0) is 20.0. The van der Waals surface area contributed by atoms with Crippen LogP contribution in [-0.2, 0) is 11.3 Å². The van der Waals surface area contributed by atoms with Crippen LogP contribution in [0.2, 0.25) is 0 Å². The molecule has 0 fully saturated rings. The summed E-state index contributed by atoms with van der Waals surface area (Å²) in [5.41, 5.74) is 0.980. The topological polar surface area (TPSA) is 69.0 Å². The zero-order valence-corrected chi connectivity index (χ0v) is 17.8. The van der Waals surface area contributed by atoms with Gasteiger partial charge in [-0.05, 0) is 43.0 Å². The molecule has 0 bridgehead atoms. The molecule has 0 aliphatic heterocycles. The molecule has 0 aliphatic rings. The van der Waals surface area contributed by atoms with E-state index in [1.54, 1.807) is 7.11 Å². The second-order valence-corrected chi connectivity index (χ2v) is 8.37. The van der Waals surface area contributed by atoms with Gasteiger partial charge in [-0.25, -0.2) is 0 Å². The van der Waals surface area contributed by atoms with Crippen molar-refractivity contribution in [3.63, 3.8) is 0 Å². The molecule has 1 aromatic heterocycles. The summed E-state index contributed by atoms with van der Waals surface area (Å²) in [6.07, 6.45) is 0. The third-order valence-electron chi connectivity index (χ3n) is 4.33. The molecule has 1 N–H and O–H groups in total. The van der Waals surface area contributed by atoms with Gasteiger partial charge in [-0.2, -0.15) is 0 Å². The van der Waals surface area contributed by atoms with Gasteiger partial charge in [-0.1, -0.05) is 39.5 Å². The van der Waals surface area contributed by atoms with E-state index in [1.165, 1.54) is 11.8 Å². The second-order valence-electron chi connectivity index (χ2n) is 7.43. The molecule has 148 valence electrons. The van der Waals surface area contributed by atoms with Crippen LogP contribution in [0.5, 0.6) is 5.75 Å². The highest BCUT2D eigenvalue weighted by Gasteiger charge is 2.17. The number of benzene rings is 1. The van der Waals surface area contributed by atoms with Crippen molar-refractivity contribution in [2.24, 2.45) is 11.8 Å². The van der Waals surface area contributed by atoms with Crippen LogP contribution in [0, 0.1) is 11.8 Å². The first-order valence-electron chi connectivity index (χ1n) is 9.31. The summed E-state index contributed by atoms with van der Waals surface area (Å²) >= 11 is 1.43. The summed E-state index contributed by atoms with van der Waals surface area (Å²) in [7, 11) is 1.65. The van der Waals surface area contributed by atoms with Crippen LogP contribution in [0.3, 0.4) is 0 Å². The molecule has 0 unspecified atom stereocenters. The van der Waals surface area contributed by atoms with E-state index in [-0.39, 0.29) is 11.9 Å². The summed E-state index contributed by atoms with van der Waals surface area (Å²) in [5, 5.41) is 12.5. The Kier molecular flexibility index (Phi) is 7.71. The monoisotopic (exact) mass is 390 g/mol. The molecule has 6 nitrogen and oxygen atoms in total. The van der Waals surface area contributed by atoms with E-state index in [2.05, 4.69) is 47.8 Å². The Bertz CT molecular complexity index is 741. The van der Waals surface area contributed by atoms with Gasteiger partial charge in [-0.15, -0.1) is 10.2 Å². The summed E-state index contributed by atoms with van der Waals surface area (Å²) in [6, 6.07) is 7.94. The predicted molar refractivity (Wildman–Crippen MR) is 110 cm³/mol. The lowest BCUT2D eigenvalue weighted by Crippen LogP contribution is -2.37. The second kappa shape index (κ2) is 9.78. The number of aromatic nitrogens is 3. The number of rotatable bonds is 9. The minimum absolute atomic E-state index is 0.0197. The molecule has 1 aromatic carbocycles. The molecule has 0 saturated carbocycles. The Balaban J connectivity index is 2.16. The molecule has 0 radical (unpaired) electrons. The van der Waals surface area contributed by atoms with Crippen molar-refractivity contribution in [3.8, 4) is 17.1 Å². The number of hydrogen-bond acceptors (Lipinski definition) is 5. The Labute approximate surface area is 166 Å². The summed E-state index contributed by atoms with van der Waals surface area (Å²) in [5.74, 6) is 2.81. The Morgan fingerprint density at radius 2 is 1.81 bits per heavy atom. The van der Waals surface area contributed by atoms with Crippen molar-refractivity contribution >= 4 is 17.7 Å². The first-order chi connectivity index (χ1) is 12.8. The standard InChI is InChI=1S/C20H30N4O2S/c1-13(2)11-24-19(16-7-9-17(26-6)10-8-16)22-23-20(24)27-12-18(25)21-15(5)14(3)4/h7-10,13-15H,11-12H2,1-6H3,(H,21,25)/t15-/m1/s1. The molecular weight excluding hydrogens is 360 g/mol. The molecule has 0 saturated heterocycles. The van der Waals surface area contributed by atoms with E-state index in [4.69, 9.17) is 4.74 Å². The first-order valence-corrected chi connectivity index (χ1v) is 10.3. The zero-order valence-electron chi connectivity index (χ0n) is 17.0. The highest BCUT2D eigenvalue weighted by Crippen LogP contribution is 2.26. The smallest absolute Gasteiger partial charge is 0.230 e. The highest BCUT2D eigenvalue weighted by molar-refractivity contribution is 7.99. The summed E-state index contributed by atoms with van der Waals surface area (Å²) in [4.78, 5) is 12.2. The molecule has 7 heteroatoms. The number of nitrogens with zero attached hydrogens (tertiary/aromatic N) is 3. The molecule has 1 atom stereocenters. The van der Waals surface area contributed by atoms with Crippen LogP contribution < -0.4 is 10.1 Å². The third-order valence-corrected chi connectivity index (χ3v) is 5.30. The number of ether oxygens (including phenoxy) is 1. The normalized spacial score (nSPS) is 12.4. The van der Waals surface area contributed by atoms with Crippen molar-refractivity contribution in [2.45, 2.75) is 52.4 Å². The quantitative estimate of drug-likeness (QED) is 0.659. The third kappa shape index (κ3) is 5.99. The SMILES string of the molecule is COc1ccc(-c2nnc(SCC(=O)N[C@H](C)C(C)C)n2CC(C)C)cc1. The fraction of sp³-hybridized carbons (Fsp3) is 0.550. The average molecular weight is 391 g/mol. The molecule has 1 amide bonds. The van der Waals surface area contributed by atoms with Crippen LogP contribution in [-0.4, -0.2) is 39.6 Å². The minimum Gasteiger partial charge on any atom is -0.497 e. The maximum absolute atomic E-state index is 12.2. The number of methoxy groups -OCH3 is 1. The van der Waals surface area contributed by atoms with E-state index >= 15 is 0 Å². The van der Waals surface area contributed by atoms with E-state index in [9.17, 15) is 4.79 Å². The predicted octanol–water partition coefficient (Wildman–Crippen LogP) is 3.86. The van der Waals surface area contributed by atoms with E-state index in [1.807, 2.05) is 31.2 Å². The number of carbonyl (C=O) groups excluding carboxylic acids is 1. The summed E-state index contributed by atoms with van der Waals surface area (Å²) < 4.78 is 7.32. The van der Waals surface area contributed by atoms with Crippen molar-refractivity contribution < 1.29 is 9.53 Å². The Morgan fingerprint density at radius 3 is 2.37 bits per heavy atom. The van der Waals surface area contributed by atoms with Gasteiger partial charge in [0.15, 0.2) is 11.0 Å². The molecule has 0 aliphatic carbocycles. The van der Waals surface area contributed by atoms with Crippen molar-refractivity contribution in [1.29, 1.82) is 0 Å². The van der Waals surface area contributed by atoms with Gasteiger partial charge in [-0.3, -0.25) is 4.79 Å². The van der Waals surface area contributed by atoms with Gasteiger partial charge in [0.2, 0.25) is 5.91 Å². The fourth-order valence-corrected chi connectivity index (χ4v) is 3.23. The van der Waals surface area contributed by atoms with Crippen LogP contribution in [0.15, 0.2) is 29.4 Å². The fourth-order valence-electron chi connectivity index (χ4n) is 2.47. The van der Waals surface area contributed by atoms with E-state index in [0.717, 1.165) is 28.8 Å². The highest BCUT2D eigenvalue weighted by atomic mass is 32.2. The van der Waals surface area contributed by atoms with E-state index in [0.29, 0.717) is 17.6 Å². The lowest BCUT2D eigenvalue weighted by molar-refractivity contribution is -0.119. The van der Waals surface area contributed by atoms with Gasteiger partial charge in [0.25, 0.3) is 0 Å². The van der Waals surface area contributed by atoms with Crippen molar-refractivity contribution in [3.05, 3.63) is 24.3 Å². The lowest BCUT2D eigenvalue weighted by Gasteiger charge is -2.17. The number of amides is 1. The maximum atomic E-state index is 12.2.